The molecule has 1 aliphatic heterocycles. The number of benzene rings is 1. The third-order valence-electron chi connectivity index (χ3n) is 6.52. The van der Waals surface area contributed by atoms with Crippen LogP contribution >= 0.6 is 0 Å². The fraction of sp³-hybridized carbons (Fsp3) is 0.500. The third kappa shape index (κ3) is 3.97. The number of nitrogens with zero attached hydrogens (tertiary/aromatic N) is 6. The van der Waals surface area contributed by atoms with Crippen molar-refractivity contribution in [2.45, 2.75) is 19.3 Å². The second kappa shape index (κ2) is 7.56. The molecule has 3 aliphatic rings. The normalized spacial score (nSPS) is 24.4. The van der Waals surface area contributed by atoms with E-state index < -0.39 is 0 Å². The highest BCUT2D eigenvalue weighted by molar-refractivity contribution is 5.47. The zero-order valence-electron chi connectivity index (χ0n) is 17.2. The predicted octanol–water partition coefficient (Wildman–Crippen LogP) is 2.20. The quantitative estimate of drug-likeness (QED) is 0.586. The molecule has 3 aromatic rings. The molecule has 6 rings (SSSR count). The Hall–Kier alpha value is -3.07. The highest BCUT2D eigenvalue weighted by atomic mass is 16.5. The molecular formula is C22H25N7O2. The molecular weight excluding hydrogens is 394 g/mol. The molecule has 0 radical (unpaired) electrons. The summed E-state index contributed by atoms with van der Waals surface area (Å²) in [6.07, 6.45) is 3.24. The van der Waals surface area contributed by atoms with Gasteiger partial charge in [0.25, 0.3) is 0 Å². The maximum Gasteiger partial charge on any atom is 0.324 e. The van der Waals surface area contributed by atoms with Gasteiger partial charge in [0.15, 0.2) is 0 Å². The Bertz CT molecular complexity index is 1060. The molecule has 2 aromatic heterocycles. The van der Waals surface area contributed by atoms with E-state index in [1.165, 1.54) is 12.8 Å². The number of rotatable bonds is 8. The summed E-state index contributed by atoms with van der Waals surface area (Å²) in [5.41, 5.74) is 7.01. The van der Waals surface area contributed by atoms with Gasteiger partial charge in [-0.05, 0) is 42.1 Å². The number of hydrogen-bond acceptors (Lipinski definition) is 9. The molecule has 2 aliphatic carbocycles. The second-order valence-electron chi connectivity index (χ2n) is 8.87. The van der Waals surface area contributed by atoms with Gasteiger partial charge in [0, 0.05) is 26.1 Å². The maximum atomic E-state index is 5.91. The predicted molar refractivity (Wildman–Crippen MR) is 113 cm³/mol. The molecule has 31 heavy (non-hydrogen) atoms. The van der Waals surface area contributed by atoms with E-state index in [0.29, 0.717) is 47.7 Å². The summed E-state index contributed by atoms with van der Waals surface area (Å²) < 4.78 is 11.4. The average Bonchev–Trinajstić information content (AvgIpc) is 3.57. The molecule has 3 atom stereocenters. The highest BCUT2D eigenvalue weighted by Crippen LogP contribution is 2.52. The number of nitrogens with two attached hydrogens (primary N) is 1. The first-order chi connectivity index (χ1) is 15.2. The monoisotopic (exact) mass is 419 g/mol. The zero-order valence-corrected chi connectivity index (χ0v) is 17.2. The van der Waals surface area contributed by atoms with E-state index in [0.717, 1.165) is 37.8 Å². The summed E-state index contributed by atoms with van der Waals surface area (Å²) in [6.45, 7) is 3.70. The number of anilines is 2. The number of nitrogen functional groups attached to an aromatic ring is 1. The first kappa shape index (κ1) is 18.7. The molecule has 2 saturated carbocycles. The lowest BCUT2D eigenvalue weighted by atomic mass is 10.1. The van der Waals surface area contributed by atoms with Crippen molar-refractivity contribution in [1.29, 1.82) is 0 Å². The van der Waals surface area contributed by atoms with Gasteiger partial charge in [-0.3, -0.25) is 0 Å². The van der Waals surface area contributed by atoms with Crippen LogP contribution in [0.4, 0.5) is 12.0 Å². The van der Waals surface area contributed by atoms with E-state index in [1.54, 1.807) is 0 Å². The molecule has 0 amide bonds. The van der Waals surface area contributed by atoms with Gasteiger partial charge in [0.05, 0.1) is 6.61 Å². The van der Waals surface area contributed by atoms with E-state index in [9.17, 15) is 0 Å². The topological polar surface area (TPSA) is 116 Å². The van der Waals surface area contributed by atoms with Gasteiger partial charge >= 0.3 is 6.01 Å². The second-order valence-corrected chi connectivity index (χ2v) is 8.87. The lowest BCUT2D eigenvalue weighted by molar-refractivity contribution is 0.108. The van der Waals surface area contributed by atoms with E-state index in [1.807, 2.05) is 30.3 Å². The van der Waals surface area contributed by atoms with Crippen LogP contribution in [0.3, 0.4) is 0 Å². The zero-order chi connectivity index (χ0) is 20.8. The molecule has 1 unspecified atom stereocenters. The smallest absolute Gasteiger partial charge is 0.324 e. The maximum absolute atomic E-state index is 5.91. The molecule has 0 spiro atoms. The molecule has 160 valence electrons. The first-order valence-electron chi connectivity index (χ1n) is 10.9. The molecule has 1 saturated heterocycles. The molecule has 3 fully saturated rings. The molecule has 2 N–H and O–H groups in total. The number of piperidine rings is 1. The third-order valence-corrected chi connectivity index (χ3v) is 6.52. The Morgan fingerprint density at radius 1 is 0.968 bits per heavy atom. The minimum atomic E-state index is 0.152. The van der Waals surface area contributed by atoms with Gasteiger partial charge in [0.2, 0.25) is 17.6 Å². The van der Waals surface area contributed by atoms with E-state index in [-0.39, 0.29) is 5.95 Å². The van der Waals surface area contributed by atoms with Crippen LogP contribution in [0, 0.1) is 23.7 Å². The van der Waals surface area contributed by atoms with Crippen LogP contribution in [0.25, 0.3) is 11.6 Å². The Morgan fingerprint density at radius 2 is 1.77 bits per heavy atom. The number of aromatic nitrogens is 5. The summed E-state index contributed by atoms with van der Waals surface area (Å²) in [6, 6.07) is 10.5. The van der Waals surface area contributed by atoms with Gasteiger partial charge in [0.1, 0.15) is 5.82 Å². The van der Waals surface area contributed by atoms with Crippen LogP contribution in [-0.4, -0.2) is 51.4 Å². The Morgan fingerprint density at radius 3 is 2.55 bits per heavy atom. The van der Waals surface area contributed by atoms with Crippen molar-refractivity contribution in [3.8, 4) is 11.6 Å². The Labute approximate surface area is 180 Å². The van der Waals surface area contributed by atoms with Crippen molar-refractivity contribution < 1.29 is 9.26 Å². The molecule has 9 nitrogen and oxygen atoms in total. The summed E-state index contributed by atoms with van der Waals surface area (Å²) in [5.74, 6) is 4.24. The first-order valence-corrected chi connectivity index (χ1v) is 10.9. The standard InChI is InChI=1S/C22H25N7O2/c23-21-25-18(8-13-4-2-1-3-5-13)24-19(26-21)20-27-22(31-28-20)29-9-15-16(10-29)17(15)12-30-11-14-6-7-14/h1-5,14-17H,6-12H2,(H2,23,24,25,26)/t15-,16+,17?. The van der Waals surface area contributed by atoms with Crippen LogP contribution in [-0.2, 0) is 11.2 Å². The fourth-order valence-corrected chi connectivity index (χ4v) is 4.54. The summed E-state index contributed by atoms with van der Waals surface area (Å²) in [4.78, 5) is 19.7. The lowest BCUT2D eigenvalue weighted by Crippen LogP contribution is -2.25. The fourth-order valence-electron chi connectivity index (χ4n) is 4.54. The van der Waals surface area contributed by atoms with Crippen LogP contribution in [0.1, 0.15) is 24.2 Å². The largest absolute Gasteiger partial charge is 0.381 e. The van der Waals surface area contributed by atoms with Crippen LogP contribution in [0.5, 0.6) is 0 Å². The SMILES string of the molecule is Nc1nc(Cc2ccccc2)nc(-c2noc(N3C[C@@H]4C(COCC5CC5)[C@@H]4C3)n2)n1. The average molecular weight is 419 g/mol. The minimum Gasteiger partial charge on any atom is -0.381 e. The number of fused-ring (bicyclic) bond motifs is 1. The van der Waals surface area contributed by atoms with Crippen LogP contribution in [0.15, 0.2) is 34.9 Å². The van der Waals surface area contributed by atoms with E-state index >= 15 is 0 Å². The summed E-state index contributed by atoms with van der Waals surface area (Å²) in [7, 11) is 0. The van der Waals surface area contributed by atoms with Crippen molar-refractivity contribution in [2.24, 2.45) is 23.7 Å². The van der Waals surface area contributed by atoms with E-state index in [2.05, 4.69) is 30.0 Å². The Kier molecular flexibility index (Phi) is 4.56. The Balaban J connectivity index is 1.10. The van der Waals surface area contributed by atoms with Gasteiger partial charge in [-0.1, -0.05) is 35.5 Å². The van der Waals surface area contributed by atoms with Gasteiger partial charge < -0.3 is 19.9 Å². The lowest BCUT2D eigenvalue weighted by Gasteiger charge is -2.16. The van der Waals surface area contributed by atoms with Crippen molar-refractivity contribution in [3.63, 3.8) is 0 Å². The molecule has 9 heteroatoms. The van der Waals surface area contributed by atoms with Crippen molar-refractivity contribution in [1.82, 2.24) is 25.1 Å². The van der Waals surface area contributed by atoms with Crippen molar-refractivity contribution in [2.75, 3.05) is 36.9 Å². The number of hydrogen-bond donors (Lipinski definition) is 1. The minimum absolute atomic E-state index is 0.152. The van der Waals surface area contributed by atoms with Gasteiger partial charge in [-0.25, -0.2) is 4.98 Å². The van der Waals surface area contributed by atoms with Crippen LogP contribution in [0.2, 0.25) is 0 Å². The molecule has 1 aromatic carbocycles. The molecule has 0 bridgehead atoms. The summed E-state index contributed by atoms with van der Waals surface area (Å²) in [5, 5.41) is 4.09. The summed E-state index contributed by atoms with van der Waals surface area (Å²) >= 11 is 0. The molecule has 3 heterocycles. The number of ether oxygens (including phenoxy) is 1. The van der Waals surface area contributed by atoms with Gasteiger partial charge in [-0.15, -0.1) is 0 Å². The van der Waals surface area contributed by atoms with Crippen LogP contribution < -0.4 is 10.6 Å². The van der Waals surface area contributed by atoms with Crippen molar-refractivity contribution >= 4 is 12.0 Å². The van der Waals surface area contributed by atoms with Gasteiger partial charge in [-0.2, -0.15) is 15.0 Å². The van der Waals surface area contributed by atoms with Crippen molar-refractivity contribution in [3.05, 3.63) is 41.7 Å². The van der Waals surface area contributed by atoms with E-state index in [4.69, 9.17) is 15.0 Å². The highest BCUT2D eigenvalue weighted by Gasteiger charge is 2.56.